The van der Waals surface area contributed by atoms with Gasteiger partial charge in [-0.25, -0.2) is 0 Å². The van der Waals surface area contributed by atoms with Crippen LogP contribution < -0.4 is 5.32 Å². The Kier molecular flexibility index (Phi) is 5.15. The Labute approximate surface area is 147 Å². The molecule has 1 unspecified atom stereocenters. The summed E-state index contributed by atoms with van der Waals surface area (Å²) in [6.07, 6.45) is 1.57. The van der Waals surface area contributed by atoms with Crippen molar-refractivity contribution >= 4 is 11.7 Å². The monoisotopic (exact) mass is 343 g/mol. The van der Waals surface area contributed by atoms with Crippen molar-refractivity contribution < 1.29 is 9.90 Å². The number of hydrogen-bond acceptors (Lipinski definition) is 5. The minimum Gasteiger partial charge on any atom is -0.388 e. The van der Waals surface area contributed by atoms with Gasteiger partial charge in [0.05, 0.1) is 17.7 Å². The van der Waals surface area contributed by atoms with E-state index in [1.807, 2.05) is 25.1 Å². The van der Waals surface area contributed by atoms with Crippen LogP contribution in [0.1, 0.15) is 30.5 Å². The van der Waals surface area contributed by atoms with E-state index < -0.39 is 5.60 Å². The number of aryl methyl sites for hydroxylation is 1. The van der Waals surface area contributed by atoms with Crippen molar-refractivity contribution in [3.63, 3.8) is 0 Å². The Morgan fingerprint density at radius 3 is 2.80 bits per heavy atom. The SMILES string of the molecule is Cc1c(NC(=O)CC2(O)CCCN(Cc3ccccc3)C2)nnn1C. The summed E-state index contributed by atoms with van der Waals surface area (Å²) >= 11 is 0. The van der Waals surface area contributed by atoms with E-state index in [0.717, 1.165) is 25.2 Å². The van der Waals surface area contributed by atoms with E-state index in [2.05, 4.69) is 32.7 Å². The molecule has 1 saturated heterocycles. The molecule has 1 fully saturated rings. The minimum absolute atomic E-state index is 0.0638. The van der Waals surface area contributed by atoms with Crippen LogP contribution in [0.15, 0.2) is 30.3 Å². The molecule has 1 aromatic carbocycles. The molecule has 2 heterocycles. The molecule has 1 atom stereocenters. The van der Waals surface area contributed by atoms with E-state index in [1.54, 1.807) is 11.7 Å². The Morgan fingerprint density at radius 2 is 2.12 bits per heavy atom. The average Bonchev–Trinajstić information content (AvgIpc) is 2.87. The molecule has 7 heteroatoms. The molecule has 0 spiro atoms. The van der Waals surface area contributed by atoms with E-state index >= 15 is 0 Å². The zero-order chi connectivity index (χ0) is 17.9. The van der Waals surface area contributed by atoms with Crippen LogP contribution in [0.4, 0.5) is 5.82 Å². The molecule has 3 rings (SSSR count). The number of benzene rings is 1. The molecule has 0 aliphatic carbocycles. The molecule has 134 valence electrons. The number of piperidine rings is 1. The number of rotatable bonds is 5. The second kappa shape index (κ2) is 7.33. The number of aromatic nitrogens is 3. The molecule has 1 aliphatic heterocycles. The van der Waals surface area contributed by atoms with Crippen LogP contribution in [0.3, 0.4) is 0 Å². The third-order valence-electron chi connectivity index (χ3n) is 4.74. The summed E-state index contributed by atoms with van der Waals surface area (Å²) in [5.74, 6) is 0.223. The van der Waals surface area contributed by atoms with Gasteiger partial charge in [0.25, 0.3) is 0 Å². The number of nitrogens with one attached hydrogen (secondary N) is 1. The van der Waals surface area contributed by atoms with Crippen molar-refractivity contribution in [3.05, 3.63) is 41.6 Å². The third-order valence-corrected chi connectivity index (χ3v) is 4.74. The number of nitrogens with zero attached hydrogens (tertiary/aromatic N) is 4. The number of hydrogen-bond donors (Lipinski definition) is 2. The molecule has 1 aromatic heterocycles. The van der Waals surface area contributed by atoms with Crippen molar-refractivity contribution in [1.82, 2.24) is 19.9 Å². The van der Waals surface area contributed by atoms with Gasteiger partial charge >= 0.3 is 0 Å². The Bertz CT molecular complexity index is 730. The smallest absolute Gasteiger partial charge is 0.228 e. The van der Waals surface area contributed by atoms with E-state index in [4.69, 9.17) is 0 Å². The van der Waals surface area contributed by atoms with Crippen LogP contribution in [0.25, 0.3) is 0 Å². The summed E-state index contributed by atoms with van der Waals surface area (Å²) in [4.78, 5) is 14.6. The zero-order valence-electron chi connectivity index (χ0n) is 14.8. The fourth-order valence-electron chi connectivity index (χ4n) is 3.32. The minimum atomic E-state index is -1.01. The lowest BCUT2D eigenvalue weighted by Crippen LogP contribution is -2.49. The molecular formula is C18H25N5O2. The van der Waals surface area contributed by atoms with Gasteiger partial charge in [0.1, 0.15) is 0 Å². The molecule has 0 radical (unpaired) electrons. The number of aliphatic hydroxyl groups is 1. The number of anilines is 1. The summed E-state index contributed by atoms with van der Waals surface area (Å²) in [7, 11) is 1.77. The van der Waals surface area contributed by atoms with Crippen LogP contribution in [0, 0.1) is 6.92 Å². The number of amides is 1. The second-order valence-corrected chi connectivity index (χ2v) is 6.90. The van der Waals surface area contributed by atoms with Crippen molar-refractivity contribution in [3.8, 4) is 0 Å². The predicted octanol–water partition coefficient (Wildman–Crippen LogP) is 1.48. The van der Waals surface area contributed by atoms with Crippen molar-refractivity contribution in [2.75, 3.05) is 18.4 Å². The predicted molar refractivity (Wildman–Crippen MR) is 94.9 cm³/mol. The maximum atomic E-state index is 12.3. The van der Waals surface area contributed by atoms with Gasteiger partial charge in [-0.1, -0.05) is 35.5 Å². The molecule has 2 N–H and O–H groups in total. The third kappa shape index (κ3) is 4.43. The molecule has 25 heavy (non-hydrogen) atoms. The summed E-state index contributed by atoms with van der Waals surface area (Å²) in [5, 5.41) is 21.5. The van der Waals surface area contributed by atoms with Crippen molar-refractivity contribution in [2.45, 2.75) is 38.3 Å². The van der Waals surface area contributed by atoms with Crippen LogP contribution >= 0.6 is 0 Å². The molecule has 2 aromatic rings. The molecular weight excluding hydrogens is 318 g/mol. The van der Waals surface area contributed by atoms with Crippen LogP contribution in [-0.2, 0) is 18.4 Å². The lowest BCUT2D eigenvalue weighted by Gasteiger charge is -2.39. The summed E-state index contributed by atoms with van der Waals surface area (Å²) < 4.78 is 1.60. The van der Waals surface area contributed by atoms with E-state index in [1.165, 1.54) is 5.56 Å². The average molecular weight is 343 g/mol. The van der Waals surface area contributed by atoms with Crippen molar-refractivity contribution in [1.29, 1.82) is 0 Å². The molecule has 7 nitrogen and oxygen atoms in total. The highest BCUT2D eigenvalue weighted by Crippen LogP contribution is 2.26. The highest BCUT2D eigenvalue weighted by Gasteiger charge is 2.35. The van der Waals surface area contributed by atoms with Gasteiger partial charge in [-0.15, -0.1) is 5.10 Å². The summed E-state index contributed by atoms with van der Waals surface area (Å²) in [5.41, 5.74) is 0.994. The van der Waals surface area contributed by atoms with Crippen LogP contribution in [0.5, 0.6) is 0 Å². The lowest BCUT2D eigenvalue weighted by atomic mass is 9.89. The van der Waals surface area contributed by atoms with Gasteiger partial charge in [0.2, 0.25) is 5.91 Å². The largest absolute Gasteiger partial charge is 0.388 e. The Balaban J connectivity index is 1.58. The fourth-order valence-corrected chi connectivity index (χ4v) is 3.32. The standard InChI is InChI=1S/C18H25N5O2/c1-14-17(20-21-22(14)2)19-16(24)11-18(25)9-6-10-23(13-18)12-15-7-4-3-5-8-15/h3-5,7-8,25H,6,9-13H2,1-2H3,(H,19,24). The van der Waals surface area contributed by atoms with Gasteiger partial charge in [-0.05, 0) is 31.9 Å². The first kappa shape index (κ1) is 17.6. The first-order valence-electron chi connectivity index (χ1n) is 8.60. The number of carbonyl (C=O) groups excluding carboxylic acids is 1. The quantitative estimate of drug-likeness (QED) is 0.859. The highest BCUT2D eigenvalue weighted by molar-refractivity contribution is 5.90. The van der Waals surface area contributed by atoms with Crippen LogP contribution in [-0.4, -0.2) is 49.6 Å². The highest BCUT2D eigenvalue weighted by atomic mass is 16.3. The molecule has 1 amide bonds. The van der Waals surface area contributed by atoms with Gasteiger partial charge in [-0.2, -0.15) is 0 Å². The Morgan fingerprint density at radius 1 is 1.36 bits per heavy atom. The normalized spacial score (nSPS) is 21.2. The number of β-amino-alcohol motifs (C(OH)–C–C–N with tert-alkyl or cyclic N) is 1. The Hall–Kier alpha value is -2.25. The molecule has 0 saturated carbocycles. The number of carbonyl (C=O) groups is 1. The van der Waals surface area contributed by atoms with Crippen LogP contribution in [0.2, 0.25) is 0 Å². The van der Waals surface area contributed by atoms with Gasteiger partial charge in [0.15, 0.2) is 5.82 Å². The second-order valence-electron chi connectivity index (χ2n) is 6.90. The number of likely N-dealkylation sites (tertiary alicyclic amines) is 1. The fraction of sp³-hybridized carbons (Fsp3) is 0.500. The lowest BCUT2D eigenvalue weighted by molar-refractivity contribution is -0.123. The molecule has 0 bridgehead atoms. The first-order chi connectivity index (χ1) is 12.0. The van der Waals surface area contributed by atoms with Gasteiger partial charge in [-0.3, -0.25) is 14.4 Å². The maximum Gasteiger partial charge on any atom is 0.228 e. The summed E-state index contributed by atoms with van der Waals surface area (Å²) in [6.45, 7) is 4.05. The van der Waals surface area contributed by atoms with E-state index in [-0.39, 0.29) is 12.3 Å². The van der Waals surface area contributed by atoms with Crippen molar-refractivity contribution in [2.24, 2.45) is 7.05 Å². The topological polar surface area (TPSA) is 83.3 Å². The van der Waals surface area contributed by atoms with Gasteiger partial charge in [0, 0.05) is 20.1 Å². The molecule has 1 aliphatic rings. The summed E-state index contributed by atoms with van der Waals surface area (Å²) in [6, 6.07) is 10.2. The van der Waals surface area contributed by atoms with Gasteiger partial charge < -0.3 is 10.4 Å². The zero-order valence-corrected chi connectivity index (χ0v) is 14.8. The van der Waals surface area contributed by atoms with E-state index in [9.17, 15) is 9.90 Å². The first-order valence-corrected chi connectivity index (χ1v) is 8.60. The maximum absolute atomic E-state index is 12.3. The van der Waals surface area contributed by atoms with E-state index in [0.29, 0.717) is 18.8 Å².